The highest BCUT2D eigenvalue weighted by Crippen LogP contribution is 2.11. The predicted octanol–water partition coefficient (Wildman–Crippen LogP) is 0.448. The molecule has 1 aromatic heterocycles. The number of aromatic nitrogens is 1. The summed E-state index contributed by atoms with van der Waals surface area (Å²) >= 11 is 0. The molecule has 1 aromatic rings. The van der Waals surface area contributed by atoms with E-state index in [0.29, 0.717) is 12.5 Å². The number of rotatable bonds is 5. The monoisotopic (exact) mass is 273 g/mol. The fourth-order valence-electron chi connectivity index (χ4n) is 1.48. The van der Waals surface area contributed by atoms with Gasteiger partial charge in [0.05, 0.1) is 0 Å². The summed E-state index contributed by atoms with van der Waals surface area (Å²) in [6, 6.07) is 1.28. The first-order chi connectivity index (χ1) is 8.21. The highest BCUT2D eigenvalue weighted by atomic mass is 32.2. The summed E-state index contributed by atoms with van der Waals surface area (Å²) in [4.78, 5) is 11.8. The molecule has 18 heavy (non-hydrogen) atoms. The summed E-state index contributed by atoms with van der Waals surface area (Å²) in [6.45, 7) is 4.69. The molecular weight excluding hydrogens is 254 g/mol. The van der Waals surface area contributed by atoms with E-state index in [1.54, 1.807) is 7.05 Å². The van der Waals surface area contributed by atoms with Gasteiger partial charge >= 0.3 is 0 Å². The van der Waals surface area contributed by atoms with Crippen molar-refractivity contribution in [3.05, 3.63) is 18.0 Å². The number of aryl methyl sites for hydroxylation is 1. The molecule has 0 saturated heterocycles. The minimum Gasteiger partial charge on any atom is -0.351 e. The van der Waals surface area contributed by atoms with E-state index in [2.05, 4.69) is 19.2 Å². The number of nitrogens with zero attached hydrogens (tertiary/aromatic N) is 1. The van der Waals surface area contributed by atoms with E-state index in [4.69, 9.17) is 5.14 Å². The van der Waals surface area contributed by atoms with Crippen LogP contribution in [0.4, 0.5) is 0 Å². The maximum atomic E-state index is 11.8. The van der Waals surface area contributed by atoms with Crippen LogP contribution >= 0.6 is 0 Å². The molecule has 0 saturated carbocycles. The summed E-state index contributed by atoms with van der Waals surface area (Å²) in [5, 5.41) is 7.75. The lowest BCUT2D eigenvalue weighted by molar-refractivity contribution is 0.0944. The van der Waals surface area contributed by atoms with Crippen molar-refractivity contribution in [2.24, 2.45) is 18.1 Å². The second-order valence-corrected chi connectivity index (χ2v) is 6.22. The highest BCUT2D eigenvalue weighted by molar-refractivity contribution is 7.89. The van der Waals surface area contributed by atoms with Crippen molar-refractivity contribution >= 4 is 15.9 Å². The molecule has 3 N–H and O–H groups in total. The first-order valence-corrected chi connectivity index (χ1v) is 7.24. The quantitative estimate of drug-likeness (QED) is 0.815. The summed E-state index contributed by atoms with van der Waals surface area (Å²) < 4.78 is 23.8. The molecule has 1 heterocycles. The number of amides is 1. The minimum atomic E-state index is -3.77. The first-order valence-electron chi connectivity index (χ1n) is 5.69. The molecule has 102 valence electrons. The Morgan fingerprint density at radius 1 is 1.50 bits per heavy atom. The van der Waals surface area contributed by atoms with Gasteiger partial charge in [0.1, 0.15) is 10.6 Å². The lowest BCUT2D eigenvalue weighted by Crippen LogP contribution is -2.26. The maximum Gasteiger partial charge on any atom is 0.267 e. The topological polar surface area (TPSA) is 94.2 Å². The van der Waals surface area contributed by atoms with Crippen molar-refractivity contribution in [1.29, 1.82) is 0 Å². The van der Waals surface area contributed by atoms with Crippen LogP contribution < -0.4 is 10.5 Å². The molecule has 0 radical (unpaired) electrons. The molecule has 0 aliphatic carbocycles. The summed E-state index contributed by atoms with van der Waals surface area (Å²) in [5.74, 6) is 0.201. The Kier molecular flexibility index (Phi) is 4.53. The number of nitrogens with one attached hydrogen (secondary N) is 1. The van der Waals surface area contributed by atoms with Gasteiger partial charge in [0.15, 0.2) is 0 Å². The molecule has 1 amide bonds. The van der Waals surface area contributed by atoms with E-state index < -0.39 is 10.0 Å². The van der Waals surface area contributed by atoms with Crippen LogP contribution in [0.25, 0.3) is 0 Å². The van der Waals surface area contributed by atoms with Crippen molar-refractivity contribution in [1.82, 2.24) is 9.88 Å². The summed E-state index contributed by atoms with van der Waals surface area (Å²) in [6.07, 6.45) is 2.20. The average Bonchev–Trinajstić information content (AvgIpc) is 2.59. The van der Waals surface area contributed by atoms with Gasteiger partial charge in [-0.2, -0.15) is 0 Å². The van der Waals surface area contributed by atoms with Crippen molar-refractivity contribution in [2.75, 3.05) is 6.54 Å². The van der Waals surface area contributed by atoms with E-state index in [1.165, 1.54) is 16.8 Å². The van der Waals surface area contributed by atoms with Crippen LogP contribution in [0.1, 0.15) is 30.8 Å². The molecule has 0 bridgehead atoms. The van der Waals surface area contributed by atoms with Crippen molar-refractivity contribution < 1.29 is 13.2 Å². The molecule has 0 spiro atoms. The van der Waals surface area contributed by atoms with E-state index in [0.717, 1.165) is 6.42 Å². The lowest BCUT2D eigenvalue weighted by atomic mass is 10.1. The third-order valence-corrected chi connectivity index (χ3v) is 3.43. The van der Waals surface area contributed by atoms with Gasteiger partial charge in [-0.15, -0.1) is 0 Å². The fourth-order valence-corrected chi connectivity index (χ4v) is 2.06. The van der Waals surface area contributed by atoms with Crippen LogP contribution in [0.15, 0.2) is 17.2 Å². The second kappa shape index (κ2) is 5.53. The van der Waals surface area contributed by atoms with E-state index in [-0.39, 0.29) is 16.5 Å². The highest BCUT2D eigenvalue weighted by Gasteiger charge is 2.17. The van der Waals surface area contributed by atoms with E-state index in [1.807, 2.05) is 0 Å². The predicted molar refractivity (Wildman–Crippen MR) is 68.6 cm³/mol. The Hall–Kier alpha value is -1.34. The molecule has 0 unspecified atom stereocenters. The van der Waals surface area contributed by atoms with Crippen LogP contribution in [-0.2, 0) is 17.1 Å². The van der Waals surface area contributed by atoms with Crippen molar-refractivity contribution in [3.63, 3.8) is 0 Å². The van der Waals surface area contributed by atoms with Gasteiger partial charge in [-0.1, -0.05) is 13.8 Å². The van der Waals surface area contributed by atoms with Crippen LogP contribution in [-0.4, -0.2) is 25.4 Å². The zero-order chi connectivity index (χ0) is 13.9. The Labute approximate surface area is 107 Å². The number of sulfonamides is 1. The minimum absolute atomic E-state index is 0.0565. The van der Waals surface area contributed by atoms with Gasteiger partial charge < -0.3 is 9.88 Å². The molecule has 6 nitrogen and oxygen atoms in total. The van der Waals surface area contributed by atoms with Gasteiger partial charge in [-0.3, -0.25) is 4.79 Å². The standard InChI is InChI=1S/C11H19N3O3S/c1-8(2)4-5-13-11(15)10-6-9(7-14(10)3)18(12,16)17/h6-8H,4-5H2,1-3H3,(H,13,15)(H2,12,16,17). The molecule has 0 aromatic carbocycles. The fraction of sp³-hybridized carbons (Fsp3) is 0.545. The van der Waals surface area contributed by atoms with Gasteiger partial charge in [0, 0.05) is 19.8 Å². The zero-order valence-corrected chi connectivity index (χ0v) is 11.6. The number of hydrogen-bond donors (Lipinski definition) is 2. The Balaban J connectivity index is 2.78. The van der Waals surface area contributed by atoms with Gasteiger partial charge in [-0.25, -0.2) is 13.6 Å². The number of primary sulfonamides is 1. The molecule has 0 atom stereocenters. The molecule has 0 aliphatic rings. The molecule has 0 fully saturated rings. The second-order valence-electron chi connectivity index (χ2n) is 4.66. The SMILES string of the molecule is CC(C)CCNC(=O)c1cc(S(N)(=O)=O)cn1C. The van der Waals surface area contributed by atoms with Gasteiger partial charge in [-0.05, 0) is 18.4 Å². The largest absolute Gasteiger partial charge is 0.351 e. The molecular formula is C11H19N3O3S. The smallest absolute Gasteiger partial charge is 0.267 e. The normalized spacial score (nSPS) is 11.8. The Morgan fingerprint density at radius 3 is 2.56 bits per heavy atom. The third-order valence-electron chi connectivity index (χ3n) is 2.55. The summed E-state index contributed by atoms with van der Waals surface area (Å²) in [7, 11) is -2.17. The number of nitrogens with two attached hydrogens (primary N) is 1. The van der Waals surface area contributed by atoms with Crippen molar-refractivity contribution in [3.8, 4) is 0 Å². The van der Waals surface area contributed by atoms with E-state index >= 15 is 0 Å². The van der Waals surface area contributed by atoms with Crippen molar-refractivity contribution in [2.45, 2.75) is 25.2 Å². The van der Waals surface area contributed by atoms with Gasteiger partial charge in [0.25, 0.3) is 5.91 Å². The van der Waals surface area contributed by atoms with Gasteiger partial charge in [0.2, 0.25) is 10.0 Å². The summed E-state index contributed by atoms with van der Waals surface area (Å²) in [5.41, 5.74) is 0.280. The van der Waals surface area contributed by atoms with Crippen LogP contribution in [0.2, 0.25) is 0 Å². The number of carbonyl (C=O) groups is 1. The average molecular weight is 273 g/mol. The molecule has 1 rings (SSSR count). The Bertz CT molecular complexity index is 532. The maximum absolute atomic E-state index is 11.8. The molecule has 7 heteroatoms. The Morgan fingerprint density at radius 2 is 2.11 bits per heavy atom. The van der Waals surface area contributed by atoms with Crippen LogP contribution in [0, 0.1) is 5.92 Å². The van der Waals surface area contributed by atoms with Crippen LogP contribution in [0.3, 0.4) is 0 Å². The number of carbonyl (C=O) groups excluding carboxylic acids is 1. The van der Waals surface area contributed by atoms with E-state index in [9.17, 15) is 13.2 Å². The zero-order valence-electron chi connectivity index (χ0n) is 10.8. The molecule has 0 aliphatic heterocycles. The lowest BCUT2D eigenvalue weighted by Gasteiger charge is -2.07. The van der Waals surface area contributed by atoms with Crippen LogP contribution in [0.5, 0.6) is 0 Å². The number of hydrogen-bond acceptors (Lipinski definition) is 3. The first kappa shape index (κ1) is 14.7. The third kappa shape index (κ3) is 3.85.